The number of carbonyl (C=O) groups is 1. The van der Waals surface area contributed by atoms with Gasteiger partial charge in [-0.3, -0.25) is 4.79 Å². The van der Waals surface area contributed by atoms with Crippen LogP contribution in [0.3, 0.4) is 0 Å². The Morgan fingerprint density at radius 2 is 2.16 bits per heavy atom. The summed E-state index contributed by atoms with van der Waals surface area (Å²) in [6.07, 6.45) is 4.32. The molecular formula is C15H18N2O2. The molecule has 1 aromatic carbocycles. The summed E-state index contributed by atoms with van der Waals surface area (Å²) in [5.41, 5.74) is 2.05. The molecule has 0 saturated heterocycles. The van der Waals surface area contributed by atoms with Gasteiger partial charge >= 0.3 is 0 Å². The van der Waals surface area contributed by atoms with Gasteiger partial charge in [0.1, 0.15) is 5.75 Å². The largest absolute Gasteiger partial charge is 0.497 e. The first kappa shape index (κ1) is 13.2. The van der Waals surface area contributed by atoms with Crippen LogP contribution >= 0.6 is 0 Å². The molecule has 1 aromatic heterocycles. The van der Waals surface area contributed by atoms with E-state index in [1.54, 1.807) is 7.11 Å². The first-order chi connectivity index (χ1) is 9.17. The Labute approximate surface area is 113 Å². The van der Waals surface area contributed by atoms with Crippen LogP contribution in [0.15, 0.2) is 42.7 Å². The summed E-state index contributed by atoms with van der Waals surface area (Å²) in [6.45, 7) is 0.559. The van der Waals surface area contributed by atoms with Crippen LogP contribution in [0, 0.1) is 0 Å². The fourth-order valence-electron chi connectivity index (χ4n) is 1.90. The molecular weight excluding hydrogens is 240 g/mol. The predicted octanol–water partition coefficient (Wildman–Crippen LogP) is 1.89. The highest BCUT2D eigenvalue weighted by atomic mass is 16.5. The molecule has 1 N–H and O–H groups in total. The van der Waals surface area contributed by atoms with Gasteiger partial charge in [-0.2, -0.15) is 0 Å². The van der Waals surface area contributed by atoms with Crippen LogP contribution in [-0.2, 0) is 24.8 Å². The number of amides is 1. The number of nitrogens with zero attached hydrogens (tertiary/aromatic N) is 1. The Morgan fingerprint density at radius 1 is 1.32 bits per heavy atom. The number of ether oxygens (including phenoxy) is 1. The molecule has 0 spiro atoms. The van der Waals surface area contributed by atoms with Crippen LogP contribution in [0.2, 0.25) is 0 Å². The van der Waals surface area contributed by atoms with Crippen LogP contribution in [0.1, 0.15) is 11.1 Å². The number of methoxy groups -OCH3 is 1. The molecule has 100 valence electrons. The van der Waals surface area contributed by atoms with E-state index in [0.29, 0.717) is 13.0 Å². The van der Waals surface area contributed by atoms with E-state index in [4.69, 9.17) is 4.74 Å². The molecule has 19 heavy (non-hydrogen) atoms. The summed E-state index contributed by atoms with van der Waals surface area (Å²) in [6, 6.07) is 9.54. The van der Waals surface area contributed by atoms with Crippen molar-refractivity contribution >= 4 is 5.91 Å². The molecule has 1 amide bonds. The van der Waals surface area contributed by atoms with E-state index in [0.717, 1.165) is 16.9 Å². The zero-order valence-electron chi connectivity index (χ0n) is 11.2. The first-order valence-electron chi connectivity index (χ1n) is 6.18. The number of aryl methyl sites for hydroxylation is 1. The number of hydrogen-bond donors (Lipinski definition) is 1. The molecule has 0 fully saturated rings. The van der Waals surface area contributed by atoms with Crippen LogP contribution in [-0.4, -0.2) is 17.6 Å². The van der Waals surface area contributed by atoms with Crippen LogP contribution in [0.5, 0.6) is 5.75 Å². The van der Waals surface area contributed by atoms with Gasteiger partial charge in [-0.25, -0.2) is 0 Å². The minimum Gasteiger partial charge on any atom is -0.497 e. The highest BCUT2D eigenvalue weighted by Crippen LogP contribution is 2.12. The molecule has 0 atom stereocenters. The lowest BCUT2D eigenvalue weighted by Crippen LogP contribution is -2.24. The van der Waals surface area contributed by atoms with Crippen molar-refractivity contribution in [3.63, 3.8) is 0 Å². The standard InChI is InChI=1S/C15H18N2O2/c1-17-7-6-13(11-17)10-16-15(18)9-12-4-3-5-14(8-12)19-2/h3-8,11H,9-10H2,1-2H3,(H,16,18). The minimum atomic E-state index is 0.0112. The minimum absolute atomic E-state index is 0.0112. The lowest BCUT2D eigenvalue weighted by Gasteiger charge is -2.05. The number of benzene rings is 1. The van der Waals surface area contributed by atoms with Crippen molar-refractivity contribution in [2.75, 3.05) is 7.11 Å². The van der Waals surface area contributed by atoms with Crippen LogP contribution in [0.4, 0.5) is 0 Å². The van der Waals surface area contributed by atoms with E-state index in [2.05, 4.69) is 5.32 Å². The van der Waals surface area contributed by atoms with Gasteiger partial charge in [-0.05, 0) is 29.3 Å². The van der Waals surface area contributed by atoms with E-state index < -0.39 is 0 Å². The van der Waals surface area contributed by atoms with Crippen molar-refractivity contribution in [2.45, 2.75) is 13.0 Å². The Hall–Kier alpha value is -2.23. The lowest BCUT2D eigenvalue weighted by atomic mass is 10.1. The quantitative estimate of drug-likeness (QED) is 0.890. The summed E-state index contributed by atoms with van der Waals surface area (Å²) in [5, 5.41) is 2.91. The maximum Gasteiger partial charge on any atom is 0.224 e. The Balaban J connectivity index is 1.86. The molecule has 1 heterocycles. The molecule has 0 unspecified atom stereocenters. The number of carbonyl (C=O) groups excluding carboxylic acids is 1. The van der Waals surface area contributed by atoms with E-state index in [1.165, 1.54) is 0 Å². The Kier molecular flexibility index (Phi) is 4.23. The maximum atomic E-state index is 11.8. The third-order valence-corrected chi connectivity index (χ3v) is 2.88. The van der Waals surface area contributed by atoms with Gasteiger partial charge in [0.15, 0.2) is 0 Å². The lowest BCUT2D eigenvalue weighted by molar-refractivity contribution is -0.120. The van der Waals surface area contributed by atoms with Gasteiger partial charge < -0.3 is 14.6 Å². The second-order valence-corrected chi connectivity index (χ2v) is 4.49. The molecule has 2 aromatic rings. The zero-order chi connectivity index (χ0) is 13.7. The first-order valence-corrected chi connectivity index (χ1v) is 6.18. The van der Waals surface area contributed by atoms with E-state index in [1.807, 2.05) is 54.3 Å². The van der Waals surface area contributed by atoms with E-state index in [9.17, 15) is 4.79 Å². The van der Waals surface area contributed by atoms with Crippen molar-refractivity contribution in [2.24, 2.45) is 7.05 Å². The molecule has 0 saturated carbocycles. The van der Waals surface area contributed by atoms with Crippen LogP contribution < -0.4 is 10.1 Å². The SMILES string of the molecule is COc1cccc(CC(=O)NCc2ccn(C)c2)c1. The normalized spacial score (nSPS) is 10.2. The van der Waals surface area contributed by atoms with Crippen LogP contribution in [0.25, 0.3) is 0 Å². The molecule has 0 aliphatic heterocycles. The number of rotatable bonds is 5. The number of aromatic nitrogens is 1. The molecule has 4 nitrogen and oxygen atoms in total. The summed E-state index contributed by atoms with van der Waals surface area (Å²) in [5.74, 6) is 0.783. The average molecular weight is 258 g/mol. The monoisotopic (exact) mass is 258 g/mol. The Bertz CT molecular complexity index is 561. The smallest absolute Gasteiger partial charge is 0.224 e. The average Bonchev–Trinajstić information content (AvgIpc) is 2.82. The highest BCUT2D eigenvalue weighted by molar-refractivity contribution is 5.78. The van der Waals surface area contributed by atoms with Crippen molar-refractivity contribution < 1.29 is 9.53 Å². The van der Waals surface area contributed by atoms with Gasteiger partial charge in [0, 0.05) is 26.0 Å². The third-order valence-electron chi connectivity index (χ3n) is 2.88. The summed E-state index contributed by atoms with van der Waals surface area (Å²) >= 11 is 0. The maximum absolute atomic E-state index is 11.8. The van der Waals surface area contributed by atoms with E-state index >= 15 is 0 Å². The molecule has 0 aliphatic rings. The Morgan fingerprint density at radius 3 is 2.84 bits per heavy atom. The number of nitrogens with one attached hydrogen (secondary N) is 1. The fourth-order valence-corrected chi connectivity index (χ4v) is 1.90. The topological polar surface area (TPSA) is 43.3 Å². The van der Waals surface area contributed by atoms with Gasteiger partial charge in [0.05, 0.1) is 13.5 Å². The van der Waals surface area contributed by atoms with E-state index in [-0.39, 0.29) is 5.91 Å². The van der Waals surface area contributed by atoms with Gasteiger partial charge in [0.2, 0.25) is 5.91 Å². The van der Waals surface area contributed by atoms with Crippen molar-refractivity contribution in [1.82, 2.24) is 9.88 Å². The van der Waals surface area contributed by atoms with Crippen molar-refractivity contribution in [1.29, 1.82) is 0 Å². The van der Waals surface area contributed by atoms with Gasteiger partial charge in [0.25, 0.3) is 0 Å². The summed E-state index contributed by atoms with van der Waals surface area (Å²) in [7, 11) is 3.58. The third kappa shape index (κ3) is 3.88. The van der Waals surface area contributed by atoms with Gasteiger partial charge in [-0.1, -0.05) is 12.1 Å². The predicted molar refractivity (Wildman–Crippen MR) is 74.0 cm³/mol. The molecule has 4 heteroatoms. The number of hydrogen-bond acceptors (Lipinski definition) is 2. The molecule has 0 bridgehead atoms. The summed E-state index contributed by atoms with van der Waals surface area (Å²) in [4.78, 5) is 11.8. The second-order valence-electron chi connectivity index (χ2n) is 4.49. The second kappa shape index (κ2) is 6.09. The summed E-state index contributed by atoms with van der Waals surface area (Å²) < 4.78 is 7.10. The van der Waals surface area contributed by atoms with Crippen molar-refractivity contribution in [3.8, 4) is 5.75 Å². The molecule has 0 radical (unpaired) electrons. The highest BCUT2D eigenvalue weighted by Gasteiger charge is 2.04. The molecule has 0 aliphatic carbocycles. The van der Waals surface area contributed by atoms with Gasteiger partial charge in [-0.15, -0.1) is 0 Å². The van der Waals surface area contributed by atoms with Crippen molar-refractivity contribution in [3.05, 3.63) is 53.9 Å². The molecule has 2 rings (SSSR count). The zero-order valence-corrected chi connectivity index (χ0v) is 11.2. The fraction of sp³-hybridized carbons (Fsp3) is 0.267.